The summed E-state index contributed by atoms with van der Waals surface area (Å²) in [7, 11) is 0. The summed E-state index contributed by atoms with van der Waals surface area (Å²) in [5, 5.41) is 25.5. The normalized spacial score (nSPS) is 14.4. The molecule has 0 aromatic rings. The smallest absolute Gasteiger partial charge is 0.327 e. The van der Waals surface area contributed by atoms with E-state index >= 15 is 0 Å². The number of thiol groups is 1. The third-order valence-corrected chi connectivity index (χ3v) is 5.17. The largest absolute Gasteiger partial charge is 0.480 e. The molecule has 4 atom stereocenters. The Morgan fingerprint density at radius 1 is 1.00 bits per heavy atom. The van der Waals surface area contributed by atoms with Crippen molar-refractivity contribution in [2.45, 2.75) is 43.4 Å². The number of nitrogens with two attached hydrogens (primary N) is 3. The van der Waals surface area contributed by atoms with Crippen LogP contribution in [0.25, 0.3) is 0 Å². The van der Waals surface area contributed by atoms with Crippen LogP contribution in [0.5, 0.6) is 0 Å². The quantitative estimate of drug-likeness (QED) is 0.0445. The van der Waals surface area contributed by atoms with E-state index in [9.17, 15) is 24.3 Å². The van der Waals surface area contributed by atoms with Crippen molar-refractivity contribution in [3.8, 4) is 0 Å². The van der Waals surface area contributed by atoms with Gasteiger partial charge in [0.1, 0.15) is 18.1 Å². The highest BCUT2D eigenvalue weighted by Crippen LogP contribution is 2.04. The molecule has 0 aromatic carbocycles. The molecular formula is C17H33N7O6S2. The molecule has 0 radical (unpaired) electrons. The van der Waals surface area contributed by atoms with Gasteiger partial charge >= 0.3 is 5.97 Å². The van der Waals surface area contributed by atoms with E-state index in [4.69, 9.17) is 22.3 Å². The molecule has 0 heterocycles. The van der Waals surface area contributed by atoms with Crippen LogP contribution in [-0.4, -0.2) is 94.9 Å². The average molecular weight is 496 g/mol. The number of aliphatic hydroxyl groups excluding tert-OH is 1. The standard InChI is InChI=1S/C17H33N7O6S2/c1-32-6-4-10(22-13(26)9(18)3-2-5-21-17(19)20)14(27)23-11(7-25)15(28)24-12(8-31)16(29)30/h9-12,25,31H,2-8,18H2,1H3,(H,22,26)(H,23,27)(H,24,28)(H,29,30)(H4,19,20,21). The van der Waals surface area contributed by atoms with Gasteiger partial charge in [0.25, 0.3) is 0 Å². The number of hydrogen-bond donors (Lipinski definition) is 9. The van der Waals surface area contributed by atoms with E-state index in [0.29, 0.717) is 18.7 Å². The summed E-state index contributed by atoms with van der Waals surface area (Å²) in [6.07, 6.45) is 2.80. The first-order valence-electron chi connectivity index (χ1n) is 9.72. The zero-order valence-electron chi connectivity index (χ0n) is 17.8. The van der Waals surface area contributed by atoms with Gasteiger partial charge in [-0.25, -0.2) is 4.79 Å². The number of amides is 3. The summed E-state index contributed by atoms with van der Waals surface area (Å²) in [6.45, 7) is -0.472. The Kier molecular flexibility index (Phi) is 15.3. The molecule has 13 nitrogen and oxygen atoms in total. The first-order valence-corrected chi connectivity index (χ1v) is 11.8. The minimum absolute atomic E-state index is 0.0663. The molecule has 0 rings (SSSR count). The van der Waals surface area contributed by atoms with Gasteiger partial charge in [-0.05, 0) is 31.3 Å². The number of nitrogens with one attached hydrogen (secondary N) is 3. The molecule has 0 bridgehead atoms. The number of nitrogens with zero attached hydrogens (tertiary/aromatic N) is 1. The van der Waals surface area contributed by atoms with E-state index in [1.807, 2.05) is 6.26 Å². The van der Waals surface area contributed by atoms with E-state index in [1.54, 1.807) is 0 Å². The van der Waals surface area contributed by atoms with Gasteiger partial charge in [-0.15, -0.1) is 0 Å². The molecule has 184 valence electrons. The second-order valence-corrected chi connectivity index (χ2v) is 8.07. The summed E-state index contributed by atoms with van der Waals surface area (Å²) in [4.78, 5) is 52.1. The maximum Gasteiger partial charge on any atom is 0.327 e. The number of carbonyl (C=O) groups is 4. The van der Waals surface area contributed by atoms with Gasteiger partial charge in [0.2, 0.25) is 17.7 Å². The lowest BCUT2D eigenvalue weighted by Crippen LogP contribution is -2.58. The van der Waals surface area contributed by atoms with Gasteiger partial charge in [-0.2, -0.15) is 24.4 Å². The number of aliphatic imine (C=N–C) groups is 1. The molecule has 15 heteroatoms. The van der Waals surface area contributed by atoms with Crippen LogP contribution in [0.15, 0.2) is 4.99 Å². The minimum Gasteiger partial charge on any atom is -0.480 e. The zero-order valence-corrected chi connectivity index (χ0v) is 19.5. The summed E-state index contributed by atoms with van der Waals surface area (Å²) in [5.41, 5.74) is 16.3. The molecule has 0 spiro atoms. The number of hydrogen-bond acceptors (Lipinski definition) is 9. The lowest BCUT2D eigenvalue weighted by molar-refractivity contribution is -0.142. The zero-order chi connectivity index (χ0) is 24.7. The van der Waals surface area contributed by atoms with Gasteiger partial charge in [0.05, 0.1) is 12.6 Å². The van der Waals surface area contributed by atoms with Crippen molar-refractivity contribution in [3.05, 3.63) is 0 Å². The highest BCUT2D eigenvalue weighted by Gasteiger charge is 2.29. The first kappa shape index (κ1) is 29.8. The van der Waals surface area contributed by atoms with Crippen molar-refractivity contribution in [3.63, 3.8) is 0 Å². The Bertz CT molecular complexity index is 663. The van der Waals surface area contributed by atoms with E-state index < -0.39 is 54.5 Å². The Morgan fingerprint density at radius 3 is 2.06 bits per heavy atom. The number of aliphatic hydroxyl groups is 1. The van der Waals surface area contributed by atoms with Crippen molar-refractivity contribution in [2.75, 3.05) is 30.9 Å². The van der Waals surface area contributed by atoms with E-state index in [-0.39, 0.29) is 24.6 Å². The molecule has 32 heavy (non-hydrogen) atoms. The molecule has 0 fully saturated rings. The van der Waals surface area contributed by atoms with Crippen LogP contribution in [0.2, 0.25) is 0 Å². The number of carbonyl (C=O) groups excluding carboxylic acids is 3. The van der Waals surface area contributed by atoms with Crippen LogP contribution in [0.3, 0.4) is 0 Å². The highest BCUT2D eigenvalue weighted by atomic mass is 32.2. The lowest BCUT2D eigenvalue weighted by Gasteiger charge is -2.24. The summed E-state index contributed by atoms with van der Waals surface area (Å²) in [5.74, 6) is -3.21. The minimum atomic E-state index is -1.41. The molecule has 0 aliphatic rings. The van der Waals surface area contributed by atoms with Gasteiger partial charge in [-0.1, -0.05) is 0 Å². The van der Waals surface area contributed by atoms with Crippen LogP contribution < -0.4 is 33.2 Å². The predicted octanol–water partition coefficient (Wildman–Crippen LogP) is -3.42. The van der Waals surface area contributed by atoms with Gasteiger partial charge in [0.15, 0.2) is 5.96 Å². The molecule has 0 saturated heterocycles. The number of thioether (sulfide) groups is 1. The van der Waals surface area contributed by atoms with Crippen LogP contribution in [-0.2, 0) is 19.2 Å². The maximum absolute atomic E-state index is 12.7. The molecule has 11 N–H and O–H groups in total. The Balaban J connectivity index is 5.02. The molecule has 3 amide bonds. The topological polar surface area (TPSA) is 235 Å². The molecule has 0 aliphatic carbocycles. The van der Waals surface area contributed by atoms with E-state index in [0.717, 1.165) is 0 Å². The third-order valence-electron chi connectivity index (χ3n) is 4.16. The number of carboxylic acids is 1. The molecular weight excluding hydrogens is 462 g/mol. The lowest BCUT2D eigenvalue weighted by atomic mass is 10.1. The number of carboxylic acid groups (broad SMARTS) is 1. The number of guanidine groups is 1. The van der Waals surface area contributed by atoms with Crippen molar-refractivity contribution < 1.29 is 29.4 Å². The van der Waals surface area contributed by atoms with Gasteiger partial charge in [0, 0.05) is 12.3 Å². The van der Waals surface area contributed by atoms with E-state index in [2.05, 4.69) is 33.6 Å². The fourth-order valence-electron chi connectivity index (χ4n) is 2.36. The summed E-state index contributed by atoms with van der Waals surface area (Å²) in [6, 6.07) is -4.62. The van der Waals surface area contributed by atoms with E-state index in [1.165, 1.54) is 11.8 Å². The molecule has 0 aliphatic heterocycles. The summed E-state index contributed by atoms with van der Waals surface area (Å²) >= 11 is 5.28. The number of rotatable bonds is 16. The molecule has 0 saturated carbocycles. The fourth-order valence-corrected chi connectivity index (χ4v) is 3.08. The third kappa shape index (κ3) is 12.0. The monoisotopic (exact) mass is 495 g/mol. The van der Waals surface area contributed by atoms with Crippen LogP contribution in [0.4, 0.5) is 0 Å². The Labute approximate surface area is 196 Å². The molecule has 4 unspecified atom stereocenters. The average Bonchev–Trinajstić information content (AvgIpc) is 2.74. The van der Waals surface area contributed by atoms with Crippen molar-refractivity contribution in [1.29, 1.82) is 0 Å². The van der Waals surface area contributed by atoms with Crippen LogP contribution >= 0.6 is 24.4 Å². The SMILES string of the molecule is CSCCC(NC(=O)C(N)CCCN=C(N)N)C(=O)NC(CO)C(=O)NC(CS)C(=O)O. The second kappa shape index (κ2) is 16.4. The van der Waals surface area contributed by atoms with Crippen molar-refractivity contribution in [1.82, 2.24) is 16.0 Å². The molecule has 0 aromatic heterocycles. The predicted molar refractivity (Wildman–Crippen MR) is 125 cm³/mol. The van der Waals surface area contributed by atoms with Crippen LogP contribution in [0, 0.1) is 0 Å². The summed E-state index contributed by atoms with van der Waals surface area (Å²) < 4.78 is 0. The Hall–Kier alpha value is -2.23. The van der Waals surface area contributed by atoms with Crippen molar-refractivity contribution in [2.24, 2.45) is 22.2 Å². The van der Waals surface area contributed by atoms with Crippen molar-refractivity contribution >= 4 is 54.0 Å². The second-order valence-electron chi connectivity index (χ2n) is 6.72. The number of aliphatic carboxylic acids is 1. The maximum atomic E-state index is 12.7. The van der Waals surface area contributed by atoms with Crippen LogP contribution in [0.1, 0.15) is 19.3 Å². The van der Waals surface area contributed by atoms with Gasteiger partial charge < -0.3 is 43.4 Å². The fraction of sp³-hybridized carbons (Fsp3) is 0.706. The Morgan fingerprint density at radius 2 is 1.56 bits per heavy atom. The first-order chi connectivity index (χ1) is 15.1. The highest BCUT2D eigenvalue weighted by molar-refractivity contribution is 7.98. The van der Waals surface area contributed by atoms with Gasteiger partial charge in [-0.3, -0.25) is 19.4 Å².